The van der Waals surface area contributed by atoms with Gasteiger partial charge in [0.05, 0.1) is 30.3 Å². The first-order valence-corrected chi connectivity index (χ1v) is 12.1. The van der Waals surface area contributed by atoms with E-state index < -0.39 is 10.0 Å². The van der Waals surface area contributed by atoms with Crippen molar-refractivity contribution < 1.29 is 22.7 Å². The van der Waals surface area contributed by atoms with Crippen LogP contribution in [0.2, 0.25) is 0 Å². The maximum Gasteiger partial charge on any atom is 0.243 e. The standard InChI is InChI=1S/C23H28N2O5S/c1-17(26)24-14-15-30-23-16-20(11-12-22(23)24)31(27,28)25-13-5-3-4-6-21(25)18-7-9-19(29-2)10-8-18/h7-12,16,21H,3-6,13-15H2,1-2H3/t21-/m0/s1. The first kappa shape index (κ1) is 21.6. The average molecular weight is 445 g/mol. The lowest BCUT2D eigenvalue weighted by Gasteiger charge is -2.31. The Morgan fingerprint density at radius 2 is 1.84 bits per heavy atom. The number of anilines is 1. The largest absolute Gasteiger partial charge is 0.497 e. The molecule has 1 saturated heterocycles. The molecule has 2 aliphatic heterocycles. The molecule has 2 aromatic rings. The van der Waals surface area contributed by atoms with Gasteiger partial charge < -0.3 is 14.4 Å². The van der Waals surface area contributed by atoms with Crippen LogP contribution in [-0.2, 0) is 14.8 Å². The van der Waals surface area contributed by atoms with Crippen LogP contribution in [0.4, 0.5) is 5.69 Å². The van der Waals surface area contributed by atoms with E-state index in [0.717, 1.165) is 37.0 Å². The molecular weight excluding hydrogens is 416 g/mol. The molecule has 0 unspecified atom stereocenters. The molecule has 0 aromatic heterocycles. The molecule has 1 amide bonds. The molecule has 0 aliphatic carbocycles. The number of benzene rings is 2. The summed E-state index contributed by atoms with van der Waals surface area (Å²) in [7, 11) is -2.14. The van der Waals surface area contributed by atoms with Gasteiger partial charge >= 0.3 is 0 Å². The minimum absolute atomic E-state index is 0.0905. The van der Waals surface area contributed by atoms with Gasteiger partial charge in [-0.1, -0.05) is 25.0 Å². The Hall–Kier alpha value is -2.58. The van der Waals surface area contributed by atoms with Crippen molar-refractivity contribution in [2.45, 2.75) is 43.5 Å². The van der Waals surface area contributed by atoms with Crippen LogP contribution in [0.15, 0.2) is 47.4 Å². The van der Waals surface area contributed by atoms with E-state index in [2.05, 4.69) is 0 Å². The van der Waals surface area contributed by atoms with Crippen LogP contribution in [0, 0.1) is 0 Å². The zero-order valence-corrected chi connectivity index (χ0v) is 18.7. The van der Waals surface area contributed by atoms with Crippen LogP contribution >= 0.6 is 0 Å². The molecule has 2 heterocycles. The maximum absolute atomic E-state index is 13.7. The van der Waals surface area contributed by atoms with Gasteiger partial charge in [0, 0.05) is 19.5 Å². The normalized spacial score (nSPS) is 19.8. The van der Waals surface area contributed by atoms with Gasteiger partial charge in [-0.05, 0) is 42.7 Å². The molecular formula is C23H28N2O5S. The van der Waals surface area contributed by atoms with Crippen LogP contribution in [0.1, 0.15) is 44.2 Å². The van der Waals surface area contributed by atoms with Crippen molar-refractivity contribution in [2.24, 2.45) is 0 Å². The highest BCUT2D eigenvalue weighted by Crippen LogP contribution is 2.38. The fourth-order valence-corrected chi connectivity index (χ4v) is 6.05. The molecule has 8 heteroatoms. The van der Waals surface area contributed by atoms with Crippen molar-refractivity contribution in [3.8, 4) is 11.5 Å². The number of methoxy groups -OCH3 is 1. The van der Waals surface area contributed by atoms with Crippen LogP contribution in [0.3, 0.4) is 0 Å². The zero-order chi connectivity index (χ0) is 22.0. The Bertz CT molecular complexity index is 1050. The van der Waals surface area contributed by atoms with Crippen molar-refractivity contribution in [3.63, 3.8) is 0 Å². The smallest absolute Gasteiger partial charge is 0.243 e. The average Bonchev–Trinajstić information content (AvgIpc) is 3.05. The molecule has 166 valence electrons. The number of rotatable bonds is 4. The third-order valence-corrected chi connectivity index (χ3v) is 7.89. The van der Waals surface area contributed by atoms with Crippen LogP contribution in [-0.4, -0.2) is 45.4 Å². The lowest BCUT2D eigenvalue weighted by molar-refractivity contribution is -0.116. The summed E-state index contributed by atoms with van der Waals surface area (Å²) in [5.41, 5.74) is 1.57. The van der Waals surface area contributed by atoms with E-state index >= 15 is 0 Å². The van der Waals surface area contributed by atoms with E-state index in [4.69, 9.17) is 9.47 Å². The molecule has 0 radical (unpaired) electrons. The summed E-state index contributed by atoms with van der Waals surface area (Å²) < 4.78 is 40.0. The fraction of sp³-hybridized carbons (Fsp3) is 0.435. The van der Waals surface area contributed by atoms with Crippen molar-refractivity contribution in [1.82, 2.24) is 4.31 Å². The molecule has 0 saturated carbocycles. The van der Waals surface area contributed by atoms with E-state index in [1.54, 1.807) is 34.5 Å². The number of carbonyl (C=O) groups is 1. The third kappa shape index (κ3) is 4.27. The fourth-order valence-electron chi connectivity index (χ4n) is 4.35. The van der Waals surface area contributed by atoms with Gasteiger partial charge in [0.2, 0.25) is 15.9 Å². The molecule has 2 aromatic carbocycles. The number of carbonyl (C=O) groups excluding carboxylic acids is 1. The van der Waals surface area contributed by atoms with Gasteiger partial charge in [-0.25, -0.2) is 8.42 Å². The van der Waals surface area contributed by atoms with Crippen molar-refractivity contribution in [2.75, 3.05) is 31.7 Å². The molecule has 0 bridgehead atoms. The first-order chi connectivity index (χ1) is 14.9. The zero-order valence-electron chi connectivity index (χ0n) is 17.9. The minimum Gasteiger partial charge on any atom is -0.497 e. The van der Waals surface area contributed by atoms with E-state index in [-0.39, 0.29) is 16.8 Å². The predicted molar refractivity (Wildman–Crippen MR) is 118 cm³/mol. The number of hydrogen-bond donors (Lipinski definition) is 0. The molecule has 31 heavy (non-hydrogen) atoms. The molecule has 0 spiro atoms. The van der Waals surface area contributed by atoms with E-state index in [1.165, 1.54) is 6.92 Å². The third-order valence-electron chi connectivity index (χ3n) is 5.99. The number of nitrogens with zero attached hydrogens (tertiary/aromatic N) is 2. The lowest BCUT2D eigenvalue weighted by Crippen LogP contribution is -2.37. The number of sulfonamides is 1. The number of amides is 1. The summed E-state index contributed by atoms with van der Waals surface area (Å²) in [4.78, 5) is 13.7. The Balaban J connectivity index is 1.70. The van der Waals surface area contributed by atoms with Gasteiger partial charge in [0.1, 0.15) is 18.1 Å². The molecule has 7 nitrogen and oxygen atoms in total. The number of hydrogen-bond acceptors (Lipinski definition) is 5. The Morgan fingerprint density at radius 3 is 2.55 bits per heavy atom. The van der Waals surface area contributed by atoms with Crippen LogP contribution in [0.25, 0.3) is 0 Å². The second kappa shape index (κ2) is 8.88. The van der Waals surface area contributed by atoms with Gasteiger partial charge in [-0.15, -0.1) is 0 Å². The second-order valence-corrected chi connectivity index (χ2v) is 9.79. The molecule has 2 aliphatic rings. The first-order valence-electron chi connectivity index (χ1n) is 10.6. The summed E-state index contributed by atoms with van der Waals surface area (Å²) in [5.74, 6) is 1.08. The van der Waals surface area contributed by atoms with Crippen molar-refractivity contribution >= 4 is 21.6 Å². The minimum atomic E-state index is -3.75. The second-order valence-electron chi connectivity index (χ2n) is 7.90. The summed E-state index contributed by atoms with van der Waals surface area (Å²) in [5, 5.41) is 0. The monoisotopic (exact) mass is 444 g/mol. The Labute approximate surface area is 183 Å². The number of fused-ring (bicyclic) bond motifs is 1. The summed E-state index contributed by atoms with van der Waals surface area (Å²) in [6.45, 7) is 2.77. The van der Waals surface area contributed by atoms with Crippen molar-refractivity contribution in [3.05, 3.63) is 48.0 Å². The van der Waals surface area contributed by atoms with Gasteiger partial charge in [0.15, 0.2) is 0 Å². The van der Waals surface area contributed by atoms with E-state index in [1.807, 2.05) is 24.3 Å². The lowest BCUT2D eigenvalue weighted by atomic mass is 10.0. The quantitative estimate of drug-likeness (QED) is 0.718. The van der Waals surface area contributed by atoms with Crippen LogP contribution < -0.4 is 14.4 Å². The molecule has 1 atom stereocenters. The summed E-state index contributed by atoms with van der Waals surface area (Å²) >= 11 is 0. The van der Waals surface area contributed by atoms with E-state index in [0.29, 0.717) is 31.1 Å². The molecule has 4 rings (SSSR count). The highest BCUT2D eigenvalue weighted by atomic mass is 32.2. The Kier molecular flexibility index (Phi) is 6.20. The molecule has 1 fully saturated rings. The number of ether oxygens (including phenoxy) is 2. The van der Waals surface area contributed by atoms with Crippen molar-refractivity contribution in [1.29, 1.82) is 0 Å². The van der Waals surface area contributed by atoms with E-state index in [9.17, 15) is 13.2 Å². The summed E-state index contributed by atoms with van der Waals surface area (Å²) in [6.07, 6.45) is 3.57. The highest BCUT2D eigenvalue weighted by Gasteiger charge is 2.34. The van der Waals surface area contributed by atoms with Gasteiger partial charge in [0.25, 0.3) is 0 Å². The summed E-state index contributed by atoms with van der Waals surface area (Å²) in [6, 6.07) is 12.2. The van der Waals surface area contributed by atoms with Crippen LogP contribution in [0.5, 0.6) is 11.5 Å². The SMILES string of the molecule is COc1ccc([C@@H]2CCCCCN2S(=O)(=O)c2ccc3c(c2)OCCN3C(C)=O)cc1. The molecule has 0 N–H and O–H groups in total. The Morgan fingerprint density at radius 1 is 1.06 bits per heavy atom. The highest BCUT2D eigenvalue weighted by molar-refractivity contribution is 7.89. The predicted octanol–water partition coefficient (Wildman–Crippen LogP) is 3.75. The maximum atomic E-state index is 13.7. The topological polar surface area (TPSA) is 76.2 Å². The van der Waals surface area contributed by atoms with Gasteiger partial charge in [-0.3, -0.25) is 4.79 Å². The van der Waals surface area contributed by atoms with Gasteiger partial charge in [-0.2, -0.15) is 4.31 Å².